The average molecular weight is 376 g/mol. The van der Waals surface area contributed by atoms with Crippen LogP contribution in [0.4, 0.5) is 0 Å². The van der Waals surface area contributed by atoms with Gasteiger partial charge in [-0.05, 0) is 74.2 Å². The number of rotatable bonds is 5. The number of H-pyrrole nitrogens is 1. The number of carbonyl (C=O) groups is 1. The highest BCUT2D eigenvalue weighted by molar-refractivity contribution is 5.99. The Morgan fingerprint density at radius 2 is 1.96 bits per heavy atom. The van der Waals surface area contributed by atoms with E-state index in [1.165, 1.54) is 34.2 Å². The molecule has 28 heavy (non-hydrogen) atoms. The number of carbonyl (C=O) groups excluding carboxylic acids is 1. The lowest BCUT2D eigenvalue weighted by atomic mass is 9.87. The molecule has 3 aromatic rings. The van der Waals surface area contributed by atoms with E-state index in [1.807, 2.05) is 24.3 Å². The van der Waals surface area contributed by atoms with Crippen LogP contribution >= 0.6 is 0 Å². The molecule has 2 N–H and O–H groups in total. The Morgan fingerprint density at radius 1 is 1.18 bits per heavy atom. The van der Waals surface area contributed by atoms with Crippen molar-refractivity contribution in [1.82, 2.24) is 15.2 Å². The van der Waals surface area contributed by atoms with Crippen LogP contribution in [-0.4, -0.2) is 29.9 Å². The lowest BCUT2D eigenvalue weighted by molar-refractivity contribution is 0.0951. The summed E-state index contributed by atoms with van der Waals surface area (Å²) in [6, 6.07) is 14.3. The molecule has 2 aromatic carbocycles. The molecule has 0 bridgehead atoms. The standard InChI is InChI=1S/C24H29N3O/c1-16-8-10-22-20(12-16)21-13-17(9-11-23(21)26-22)24(28)25-14-18-6-4-5-7-19(18)15-27(2)3/h4-7,9,11,13,16,26H,8,10,12,14-15H2,1-3H3,(H,25,28)/t16-/m0/s1. The van der Waals surface area contributed by atoms with Crippen LogP contribution < -0.4 is 5.32 Å². The largest absolute Gasteiger partial charge is 0.358 e. The van der Waals surface area contributed by atoms with Crippen LogP contribution in [0.25, 0.3) is 10.9 Å². The second kappa shape index (κ2) is 7.80. The number of hydrogen-bond donors (Lipinski definition) is 2. The second-order valence-corrected chi connectivity index (χ2v) is 8.38. The maximum absolute atomic E-state index is 12.8. The highest BCUT2D eigenvalue weighted by atomic mass is 16.1. The Bertz CT molecular complexity index is 1000. The van der Waals surface area contributed by atoms with Crippen LogP contribution in [0.15, 0.2) is 42.5 Å². The van der Waals surface area contributed by atoms with Crippen molar-refractivity contribution in [2.75, 3.05) is 14.1 Å². The third-order valence-corrected chi connectivity index (χ3v) is 5.74. The van der Waals surface area contributed by atoms with Gasteiger partial charge in [0.05, 0.1) is 0 Å². The lowest BCUT2D eigenvalue weighted by Gasteiger charge is -2.18. The van der Waals surface area contributed by atoms with Gasteiger partial charge in [0, 0.05) is 35.2 Å². The minimum atomic E-state index is -0.0136. The summed E-state index contributed by atoms with van der Waals surface area (Å²) in [5.74, 6) is 0.692. The fourth-order valence-corrected chi connectivity index (χ4v) is 4.23. The first-order valence-electron chi connectivity index (χ1n) is 10.1. The minimum Gasteiger partial charge on any atom is -0.358 e. The van der Waals surface area contributed by atoms with Crippen LogP contribution in [0, 0.1) is 5.92 Å². The van der Waals surface area contributed by atoms with Gasteiger partial charge in [-0.2, -0.15) is 0 Å². The summed E-state index contributed by atoms with van der Waals surface area (Å²) < 4.78 is 0. The first-order chi connectivity index (χ1) is 13.5. The average Bonchev–Trinajstić information content (AvgIpc) is 3.03. The first kappa shape index (κ1) is 18.8. The van der Waals surface area contributed by atoms with Crippen LogP contribution in [0.3, 0.4) is 0 Å². The minimum absolute atomic E-state index is 0.0136. The molecule has 1 aliphatic carbocycles. The molecule has 4 nitrogen and oxygen atoms in total. The summed E-state index contributed by atoms with van der Waals surface area (Å²) in [6.07, 6.45) is 3.44. The van der Waals surface area contributed by atoms with Gasteiger partial charge in [0.25, 0.3) is 5.91 Å². The number of hydrogen-bond acceptors (Lipinski definition) is 2. The first-order valence-corrected chi connectivity index (χ1v) is 10.1. The van der Waals surface area contributed by atoms with Gasteiger partial charge in [-0.25, -0.2) is 0 Å². The Balaban J connectivity index is 1.53. The zero-order valence-corrected chi connectivity index (χ0v) is 17.0. The van der Waals surface area contributed by atoms with E-state index in [4.69, 9.17) is 0 Å². The normalized spacial score (nSPS) is 16.4. The third-order valence-electron chi connectivity index (χ3n) is 5.74. The molecule has 0 unspecified atom stereocenters. The molecular weight excluding hydrogens is 346 g/mol. The number of nitrogens with one attached hydrogen (secondary N) is 2. The van der Waals surface area contributed by atoms with Crippen molar-refractivity contribution < 1.29 is 4.79 Å². The van der Waals surface area contributed by atoms with Gasteiger partial charge >= 0.3 is 0 Å². The fraction of sp³-hybridized carbons (Fsp3) is 0.375. The van der Waals surface area contributed by atoms with Crippen molar-refractivity contribution >= 4 is 16.8 Å². The van der Waals surface area contributed by atoms with E-state index in [0.29, 0.717) is 12.5 Å². The molecule has 4 heteroatoms. The number of aryl methyl sites for hydroxylation is 1. The van der Waals surface area contributed by atoms with E-state index in [0.717, 1.165) is 30.5 Å². The predicted octanol–water partition coefficient (Wildman–Crippen LogP) is 4.28. The molecule has 4 rings (SSSR count). The van der Waals surface area contributed by atoms with Crippen molar-refractivity contribution in [3.05, 3.63) is 70.4 Å². The predicted molar refractivity (Wildman–Crippen MR) is 114 cm³/mol. The van der Waals surface area contributed by atoms with Crippen LogP contribution in [-0.2, 0) is 25.9 Å². The van der Waals surface area contributed by atoms with Crippen molar-refractivity contribution in [1.29, 1.82) is 0 Å². The van der Waals surface area contributed by atoms with Crippen molar-refractivity contribution in [2.24, 2.45) is 5.92 Å². The van der Waals surface area contributed by atoms with Crippen molar-refractivity contribution in [3.8, 4) is 0 Å². The molecule has 1 aliphatic rings. The Hall–Kier alpha value is -2.59. The maximum atomic E-state index is 12.8. The quantitative estimate of drug-likeness (QED) is 0.699. The Morgan fingerprint density at radius 3 is 2.75 bits per heavy atom. The van der Waals surface area contributed by atoms with E-state index in [2.05, 4.69) is 54.4 Å². The summed E-state index contributed by atoms with van der Waals surface area (Å²) in [6.45, 7) is 3.72. The fourth-order valence-electron chi connectivity index (χ4n) is 4.23. The van der Waals surface area contributed by atoms with Gasteiger partial charge < -0.3 is 15.2 Å². The molecule has 1 amide bonds. The molecule has 0 saturated carbocycles. The van der Waals surface area contributed by atoms with E-state index >= 15 is 0 Å². The molecule has 0 fully saturated rings. The topological polar surface area (TPSA) is 48.1 Å². The molecule has 1 heterocycles. The van der Waals surface area contributed by atoms with E-state index in [9.17, 15) is 4.79 Å². The molecule has 0 radical (unpaired) electrons. The molecule has 0 spiro atoms. The highest BCUT2D eigenvalue weighted by Crippen LogP contribution is 2.32. The monoisotopic (exact) mass is 375 g/mol. The smallest absolute Gasteiger partial charge is 0.251 e. The molecule has 0 aliphatic heterocycles. The van der Waals surface area contributed by atoms with E-state index in [-0.39, 0.29) is 5.91 Å². The number of aromatic nitrogens is 1. The highest BCUT2D eigenvalue weighted by Gasteiger charge is 2.20. The molecule has 1 atom stereocenters. The summed E-state index contributed by atoms with van der Waals surface area (Å²) in [5, 5.41) is 4.32. The lowest BCUT2D eigenvalue weighted by Crippen LogP contribution is -2.24. The Labute approximate surface area is 166 Å². The number of amides is 1. The summed E-state index contributed by atoms with van der Waals surface area (Å²) in [7, 11) is 4.12. The Kier molecular flexibility index (Phi) is 5.23. The number of fused-ring (bicyclic) bond motifs is 3. The van der Waals surface area contributed by atoms with Gasteiger partial charge in [-0.1, -0.05) is 31.2 Å². The van der Waals surface area contributed by atoms with Crippen LogP contribution in [0.5, 0.6) is 0 Å². The zero-order chi connectivity index (χ0) is 19.7. The summed E-state index contributed by atoms with van der Waals surface area (Å²) in [4.78, 5) is 18.5. The molecule has 1 aromatic heterocycles. The van der Waals surface area contributed by atoms with E-state index in [1.54, 1.807) is 0 Å². The van der Waals surface area contributed by atoms with Gasteiger partial charge in [-0.3, -0.25) is 4.79 Å². The van der Waals surface area contributed by atoms with Crippen LogP contribution in [0.2, 0.25) is 0 Å². The third kappa shape index (κ3) is 3.83. The number of nitrogens with zero attached hydrogens (tertiary/aromatic N) is 1. The second-order valence-electron chi connectivity index (χ2n) is 8.38. The van der Waals surface area contributed by atoms with Crippen molar-refractivity contribution in [3.63, 3.8) is 0 Å². The number of aromatic amines is 1. The summed E-state index contributed by atoms with van der Waals surface area (Å²) in [5.41, 5.74) is 7.04. The molecular formula is C24H29N3O. The molecule has 0 saturated heterocycles. The van der Waals surface area contributed by atoms with Gasteiger partial charge in [0.2, 0.25) is 0 Å². The zero-order valence-electron chi connectivity index (χ0n) is 17.0. The maximum Gasteiger partial charge on any atom is 0.251 e. The van der Waals surface area contributed by atoms with Gasteiger partial charge in [0.1, 0.15) is 0 Å². The van der Waals surface area contributed by atoms with Crippen LogP contribution in [0.1, 0.15) is 46.1 Å². The molecule has 146 valence electrons. The summed E-state index contributed by atoms with van der Waals surface area (Å²) >= 11 is 0. The number of benzene rings is 2. The van der Waals surface area contributed by atoms with Crippen molar-refractivity contribution in [2.45, 2.75) is 39.3 Å². The SMILES string of the molecule is C[C@H]1CCc2[nH]c3ccc(C(=O)NCc4ccccc4CN(C)C)cc3c2C1. The van der Waals surface area contributed by atoms with Gasteiger partial charge in [-0.15, -0.1) is 0 Å². The van der Waals surface area contributed by atoms with Gasteiger partial charge in [0.15, 0.2) is 0 Å². The van der Waals surface area contributed by atoms with E-state index < -0.39 is 0 Å².